The molecule has 1 rings (SSSR count). The average molecular weight is 219 g/mol. The number of rotatable bonds is 5. The minimum Gasteiger partial charge on any atom is -0.312 e. The minimum atomic E-state index is 0.788. The molecule has 1 nitrogen and oxygen atoms in total. The largest absolute Gasteiger partial charge is 0.312 e. The van der Waals surface area contributed by atoms with Crippen molar-refractivity contribution < 1.29 is 0 Å². The van der Waals surface area contributed by atoms with Gasteiger partial charge >= 0.3 is 0 Å². The molecule has 1 fully saturated rings. The minimum absolute atomic E-state index is 0.788. The Balaban J connectivity index is 2.19. The lowest BCUT2D eigenvalue weighted by molar-refractivity contribution is 0.392. The van der Waals surface area contributed by atoms with E-state index in [-0.39, 0.29) is 0 Å². The Labute approximate surface area is 90.8 Å². The van der Waals surface area contributed by atoms with Crippen LogP contribution in [-0.4, -0.2) is 36.1 Å². The molecule has 1 aliphatic carbocycles. The third kappa shape index (κ3) is 4.13. The Kier molecular flexibility index (Phi) is 6.33. The molecule has 78 valence electrons. The zero-order valence-corrected chi connectivity index (χ0v) is 10.3. The normalized spacial score (nSPS) is 29.1. The Bertz CT molecular complexity index is 130. The van der Waals surface area contributed by atoms with E-state index in [1.807, 2.05) is 23.5 Å². The van der Waals surface area contributed by atoms with Crippen LogP contribution in [0.15, 0.2) is 0 Å². The first-order valence-electron chi connectivity index (χ1n) is 5.13. The van der Waals surface area contributed by atoms with Gasteiger partial charge < -0.3 is 5.32 Å². The molecule has 0 aromatic rings. The highest BCUT2D eigenvalue weighted by molar-refractivity contribution is 7.99. The fourth-order valence-corrected chi connectivity index (χ4v) is 3.24. The van der Waals surface area contributed by atoms with Crippen LogP contribution in [0.25, 0.3) is 0 Å². The van der Waals surface area contributed by atoms with Gasteiger partial charge in [-0.05, 0) is 25.4 Å². The van der Waals surface area contributed by atoms with Crippen molar-refractivity contribution in [1.82, 2.24) is 5.32 Å². The highest BCUT2D eigenvalue weighted by Gasteiger charge is 2.23. The monoisotopic (exact) mass is 219 g/mol. The van der Waals surface area contributed by atoms with Crippen molar-refractivity contribution in [3.8, 4) is 0 Å². The molecule has 2 atom stereocenters. The second-order valence-corrected chi connectivity index (χ2v) is 5.67. The van der Waals surface area contributed by atoms with Gasteiger partial charge in [-0.3, -0.25) is 0 Å². The molecule has 0 spiro atoms. The maximum Gasteiger partial charge on any atom is 0.0198 e. The maximum absolute atomic E-state index is 3.68. The number of hydrogen-bond donors (Lipinski definition) is 1. The summed E-state index contributed by atoms with van der Waals surface area (Å²) in [6.45, 7) is 1.18. The van der Waals surface area contributed by atoms with Gasteiger partial charge in [0.05, 0.1) is 0 Å². The predicted octanol–water partition coefficient (Wildman–Crippen LogP) is 2.61. The van der Waals surface area contributed by atoms with Gasteiger partial charge in [0.1, 0.15) is 0 Å². The molecule has 2 unspecified atom stereocenters. The van der Waals surface area contributed by atoms with Gasteiger partial charge in [0, 0.05) is 23.6 Å². The number of thioether (sulfide) groups is 2. The predicted molar refractivity (Wildman–Crippen MR) is 65.9 cm³/mol. The summed E-state index contributed by atoms with van der Waals surface area (Å²) >= 11 is 3.97. The fraction of sp³-hybridized carbons (Fsp3) is 1.00. The van der Waals surface area contributed by atoms with E-state index in [1.54, 1.807) is 0 Å². The molecule has 0 radical (unpaired) electrons. The third-order valence-electron chi connectivity index (χ3n) is 2.72. The summed E-state index contributed by atoms with van der Waals surface area (Å²) in [5.74, 6) is 1.25. The maximum atomic E-state index is 3.68. The number of hydrogen-bond acceptors (Lipinski definition) is 3. The van der Waals surface area contributed by atoms with E-state index in [0.29, 0.717) is 0 Å². The summed E-state index contributed by atoms with van der Waals surface area (Å²) in [4.78, 5) is 0. The van der Waals surface area contributed by atoms with E-state index in [9.17, 15) is 0 Å². The summed E-state index contributed by atoms with van der Waals surface area (Å²) < 4.78 is 0. The molecule has 1 N–H and O–H groups in total. The molecule has 13 heavy (non-hydrogen) atoms. The van der Waals surface area contributed by atoms with Gasteiger partial charge in [0.15, 0.2) is 0 Å². The molecule has 1 saturated carbocycles. The third-order valence-corrected chi connectivity index (χ3v) is 4.50. The molecule has 0 heterocycles. The molecule has 3 heteroatoms. The van der Waals surface area contributed by atoms with E-state index in [0.717, 1.165) is 11.3 Å². The van der Waals surface area contributed by atoms with E-state index < -0.39 is 0 Å². The van der Waals surface area contributed by atoms with Crippen LogP contribution in [0.2, 0.25) is 0 Å². The topological polar surface area (TPSA) is 12.0 Å². The Morgan fingerprint density at radius 1 is 1.23 bits per heavy atom. The summed E-state index contributed by atoms with van der Waals surface area (Å²) in [6, 6.07) is 0.788. The second-order valence-electron chi connectivity index (χ2n) is 3.61. The Morgan fingerprint density at radius 3 is 2.69 bits per heavy atom. The van der Waals surface area contributed by atoms with Crippen LogP contribution in [0.1, 0.15) is 25.7 Å². The van der Waals surface area contributed by atoms with Crippen molar-refractivity contribution in [1.29, 1.82) is 0 Å². The van der Waals surface area contributed by atoms with Gasteiger partial charge in [-0.2, -0.15) is 23.5 Å². The van der Waals surface area contributed by atoms with Crippen LogP contribution in [0, 0.1) is 0 Å². The van der Waals surface area contributed by atoms with Crippen LogP contribution in [-0.2, 0) is 0 Å². The highest BCUT2D eigenvalue weighted by atomic mass is 32.2. The van der Waals surface area contributed by atoms with Crippen LogP contribution in [0.4, 0.5) is 0 Å². The molecular formula is C10H21NS2. The first kappa shape index (κ1) is 11.7. The van der Waals surface area contributed by atoms with Gasteiger partial charge in [0.2, 0.25) is 0 Å². The Morgan fingerprint density at radius 2 is 2.00 bits per heavy atom. The molecule has 0 bridgehead atoms. The summed E-state index contributed by atoms with van der Waals surface area (Å²) in [5, 5.41) is 4.55. The van der Waals surface area contributed by atoms with Crippen molar-refractivity contribution in [2.45, 2.75) is 37.0 Å². The van der Waals surface area contributed by atoms with Crippen molar-refractivity contribution in [3.63, 3.8) is 0 Å². The van der Waals surface area contributed by atoms with E-state index in [2.05, 4.69) is 17.8 Å². The van der Waals surface area contributed by atoms with Crippen LogP contribution in [0.5, 0.6) is 0 Å². The first-order valence-corrected chi connectivity index (χ1v) is 7.81. The SMILES string of the molecule is CSCCNC1CCCCC1SC. The lowest BCUT2D eigenvalue weighted by atomic mass is 9.95. The van der Waals surface area contributed by atoms with Crippen molar-refractivity contribution in [3.05, 3.63) is 0 Å². The summed E-state index contributed by atoms with van der Waals surface area (Å²) in [7, 11) is 0. The fourth-order valence-electron chi connectivity index (χ4n) is 1.96. The van der Waals surface area contributed by atoms with E-state index in [1.165, 1.54) is 38.0 Å². The molecular weight excluding hydrogens is 198 g/mol. The molecule has 0 aromatic heterocycles. The molecule has 0 amide bonds. The zero-order valence-electron chi connectivity index (χ0n) is 8.71. The van der Waals surface area contributed by atoms with E-state index in [4.69, 9.17) is 0 Å². The summed E-state index contributed by atoms with van der Waals surface area (Å²) in [5.41, 5.74) is 0. The molecule has 1 aliphatic rings. The number of nitrogens with one attached hydrogen (secondary N) is 1. The second kappa shape index (κ2) is 7.02. The van der Waals surface area contributed by atoms with Gasteiger partial charge in [-0.25, -0.2) is 0 Å². The van der Waals surface area contributed by atoms with Crippen molar-refractivity contribution in [2.75, 3.05) is 24.8 Å². The Hall–Kier alpha value is 0.660. The highest BCUT2D eigenvalue weighted by Crippen LogP contribution is 2.26. The van der Waals surface area contributed by atoms with Gasteiger partial charge in [-0.1, -0.05) is 12.8 Å². The average Bonchev–Trinajstić information content (AvgIpc) is 2.19. The van der Waals surface area contributed by atoms with Crippen molar-refractivity contribution >= 4 is 23.5 Å². The van der Waals surface area contributed by atoms with Gasteiger partial charge in [0.25, 0.3) is 0 Å². The standard InChI is InChI=1S/C10H21NS2/c1-12-8-7-11-9-5-3-4-6-10(9)13-2/h9-11H,3-8H2,1-2H3. The molecule has 0 aromatic carbocycles. The van der Waals surface area contributed by atoms with Gasteiger partial charge in [-0.15, -0.1) is 0 Å². The summed E-state index contributed by atoms with van der Waals surface area (Å²) in [6.07, 6.45) is 10.1. The lowest BCUT2D eigenvalue weighted by Gasteiger charge is -2.31. The van der Waals surface area contributed by atoms with Crippen LogP contribution < -0.4 is 5.32 Å². The quantitative estimate of drug-likeness (QED) is 0.714. The van der Waals surface area contributed by atoms with Crippen LogP contribution in [0.3, 0.4) is 0 Å². The zero-order chi connectivity index (χ0) is 9.52. The lowest BCUT2D eigenvalue weighted by Crippen LogP contribution is -2.41. The van der Waals surface area contributed by atoms with Crippen LogP contribution >= 0.6 is 23.5 Å². The van der Waals surface area contributed by atoms with Crippen molar-refractivity contribution in [2.24, 2.45) is 0 Å². The molecule has 0 aliphatic heterocycles. The smallest absolute Gasteiger partial charge is 0.0198 e. The molecule has 0 saturated heterocycles. The van der Waals surface area contributed by atoms with E-state index >= 15 is 0 Å². The first-order chi connectivity index (χ1) is 6.38.